The van der Waals surface area contributed by atoms with Gasteiger partial charge in [0.05, 0.1) is 0 Å². The molecule has 0 radical (unpaired) electrons. The molecule has 0 saturated carbocycles. The summed E-state index contributed by atoms with van der Waals surface area (Å²) in [4.78, 5) is 12.9. The average molecular weight is 373 g/mol. The highest BCUT2D eigenvalue weighted by Crippen LogP contribution is 2.29. The van der Waals surface area contributed by atoms with E-state index < -0.39 is 0 Å². The molecule has 0 atom stereocenters. The Labute approximate surface area is 167 Å². The number of benzene rings is 2. The van der Waals surface area contributed by atoms with E-state index in [1.54, 1.807) is 6.08 Å². The first kappa shape index (κ1) is 19.7. The average Bonchev–Trinajstić information content (AvgIpc) is 3.05. The lowest BCUT2D eigenvalue weighted by Crippen LogP contribution is -2.31. The summed E-state index contributed by atoms with van der Waals surface area (Å²) in [5.41, 5.74) is 2.86. The van der Waals surface area contributed by atoms with Crippen molar-refractivity contribution in [2.24, 2.45) is 0 Å². The predicted octanol–water partition coefficient (Wildman–Crippen LogP) is 6.01. The first-order valence-electron chi connectivity index (χ1n) is 9.85. The van der Waals surface area contributed by atoms with Crippen LogP contribution in [0.4, 0.5) is 0 Å². The van der Waals surface area contributed by atoms with Gasteiger partial charge in [-0.2, -0.15) is 0 Å². The molecule has 0 fully saturated rings. The molecule has 0 saturated heterocycles. The lowest BCUT2D eigenvalue weighted by atomic mass is 10.1. The van der Waals surface area contributed by atoms with Crippen LogP contribution in [0.1, 0.15) is 37.7 Å². The van der Waals surface area contributed by atoms with E-state index in [4.69, 9.17) is 0 Å². The number of carbonyl (C=O) groups is 1. The highest BCUT2D eigenvalue weighted by molar-refractivity contribution is 6.10. The van der Waals surface area contributed by atoms with Gasteiger partial charge >= 0.3 is 0 Å². The van der Waals surface area contributed by atoms with Gasteiger partial charge in [0, 0.05) is 23.5 Å². The minimum absolute atomic E-state index is 0.0484. The minimum atomic E-state index is -0.0484. The van der Waals surface area contributed by atoms with E-state index in [-0.39, 0.29) is 11.9 Å². The van der Waals surface area contributed by atoms with Crippen molar-refractivity contribution in [2.75, 3.05) is 0 Å². The van der Waals surface area contributed by atoms with Crippen molar-refractivity contribution >= 4 is 27.6 Å². The number of rotatable bonds is 7. The van der Waals surface area contributed by atoms with Crippen LogP contribution in [0, 0.1) is 0 Å². The van der Waals surface area contributed by atoms with Gasteiger partial charge in [-0.15, -0.1) is 0 Å². The van der Waals surface area contributed by atoms with Crippen molar-refractivity contribution in [3.63, 3.8) is 0 Å². The van der Waals surface area contributed by atoms with Crippen molar-refractivity contribution < 1.29 is 4.79 Å². The maximum absolute atomic E-state index is 12.9. The Morgan fingerprint density at radius 1 is 1.18 bits per heavy atom. The second-order valence-electron chi connectivity index (χ2n) is 7.25. The van der Waals surface area contributed by atoms with Crippen LogP contribution in [0.5, 0.6) is 0 Å². The number of hydrogen-bond donors (Lipinski definition) is 1. The highest BCUT2D eigenvalue weighted by atomic mass is 16.2. The van der Waals surface area contributed by atoms with Gasteiger partial charge in [0.25, 0.3) is 5.91 Å². The Kier molecular flexibility index (Phi) is 6.15. The molecule has 3 rings (SSSR count). The molecular weight excluding hydrogens is 344 g/mol. The molecule has 2 aromatic carbocycles. The number of carbonyl (C=O) groups excluding carboxylic acids is 1. The van der Waals surface area contributed by atoms with E-state index in [1.165, 1.54) is 5.39 Å². The second-order valence-corrected chi connectivity index (χ2v) is 7.25. The molecule has 3 nitrogen and oxygen atoms in total. The first-order chi connectivity index (χ1) is 13.5. The fraction of sp³-hybridized carbons (Fsp3) is 0.240. The van der Waals surface area contributed by atoms with Gasteiger partial charge in [0.15, 0.2) is 0 Å². The molecule has 3 heteroatoms. The minimum Gasteiger partial charge on any atom is -0.349 e. The third kappa shape index (κ3) is 4.09. The topological polar surface area (TPSA) is 34.0 Å². The van der Waals surface area contributed by atoms with Crippen LogP contribution in [0.25, 0.3) is 21.7 Å². The largest absolute Gasteiger partial charge is 0.349 e. The first-order valence-corrected chi connectivity index (χ1v) is 9.85. The second kappa shape index (κ2) is 8.75. The maximum Gasteiger partial charge on any atom is 0.268 e. The van der Waals surface area contributed by atoms with Crippen LogP contribution in [0.3, 0.4) is 0 Å². The molecule has 1 aromatic heterocycles. The van der Waals surface area contributed by atoms with Crippen molar-refractivity contribution in [2.45, 2.75) is 39.8 Å². The van der Waals surface area contributed by atoms with Crippen molar-refractivity contribution in [1.82, 2.24) is 9.88 Å². The quantitative estimate of drug-likeness (QED) is 0.506. The molecule has 1 N–H and O–H groups in total. The van der Waals surface area contributed by atoms with E-state index in [9.17, 15) is 4.79 Å². The Morgan fingerprint density at radius 3 is 2.68 bits per heavy atom. The highest BCUT2D eigenvalue weighted by Gasteiger charge is 2.18. The van der Waals surface area contributed by atoms with E-state index in [0.717, 1.165) is 28.3 Å². The van der Waals surface area contributed by atoms with Gasteiger partial charge < -0.3 is 9.88 Å². The third-order valence-corrected chi connectivity index (χ3v) is 4.70. The Morgan fingerprint density at radius 2 is 1.96 bits per heavy atom. The molecular formula is C25H28N2O. The Balaban J connectivity index is 2.20. The number of amides is 1. The van der Waals surface area contributed by atoms with Gasteiger partial charge in [-0.3, -0.25) is 4.79 Å². The Hall–Kier alpha value is -3.07. The van der Waals surface area contributed by atoms with Crippen LogP contribution in [0.15, 0.2) is 78.9 Å². The maximum atomic E-state index is 12.9. The molecule has 28 heavy (non-hydrogen) atoms. The predicted molar refractivity (Wildman–Crippen MR) is 120 cm³/mol. The number of fused-ring (bicyclic) bond motifs is 3. The smallest absolute Gasteiger partial charge is 0.268 e. The van der Waals surface area contributed by atoms with Crippen molar-refractivity contribution in [1.29, 1.82) is 0 Å². The SMILES string of the molecule is C=C/C=C(\C=C/CC)Cn1c(C(=O)NC(C)C)cc2c3ccccc3ccc21. The zero-order chi connectivity index (χ0) is 20.1. The summed E-state index contributed by atoms with van der Waals surface area (Å²) in [6.07, 6.45) is 9.00. The van der Waals surface area contributed by atoms with Crippen molar-refractivity contribution in [3.05, 3.63) is 84.6 Å². The molecule has 0 unspecified atom stereocenters. The van der Waals surface area contributed by atoms with Crippen LogP contribution in [-0.4, -0.2) is 16.5 Å². The molecule has 0 aliphatic rings. The zero-order valence-electron chi connectivity index (χ0n) is 16.9. The number of nitrogens with one attached hydrogen (secondary N) is 1. The van der Waals surface area contributed by atoms with Gasteiger partial charge in [-0.05, 0) is 48.7 Å². The summed E-state index contributed by atoms with van der Waals surface area (Å²) in [6, 6.07) is 14.6. The normalized spacial score (nSPS) is 12.4. The molecule has 0 spiro atoms. The molecule has 1 amide bonds. The fourth-order valence-electron chi connectivity index (χ4n) is 3.47. The number of allylic oxidation sites excluding steroid dienone is 5. The lowest BCUT2D eigenvalue weighted by Gasteiger charge is -2.13. The summed E-state index contributed by atoms with van der Waals surface area (Å²) in [7, 11) is 0. The summed E-state index contributed by atoms with van der Waals surface area (Å²) in [5, 5.41) is 6.48. The third-order valence-electron chi connectivity index (χ3n) is 4.70. The summed E-state index contributed by atoms with van der Waals surface area (Å²) in [6.45, 7) is 10.5. The summed E-state index contributed by atoms with van der Waals surface area (Å²) in [5.74, 6) is -0.0484. The van der Waals surface area contributed by atoms with Gasteiger partial charge in [-0.25, -0.2) is 0 Å². The van der Waals surface area contributed by atoms with E-state index in [0.29, 0.717) is 12.2 Å². The van der Waals surface area contributed by atoms with Gasteiger partial charge in [-0.1, -0.05) is 68.1 Å². The van der Waals surface area contributed by atoms with Gasteiger partial charge in [0.1, 0.15) is 5.69 Å². The molecule has 1 heterocycles. The molecule has 3 aromatic rings. The number of hydrogen-bond acceptors (Lipinski definition) is 1. The van der Waals surface area contributed by atoms with Crippen LogP contribution in [-0.2, 0) is 6.54 Å². The Bertz CT molecular complexity index is 1070. The lowest BCUT2D eigenvalue weighted by molar-refractivity contribution is 0.0934. The molecule has 0 bridgehead atoms. The van der Waals surface area contributed by atoms with Gasteiger partial charge in [0.2, 0.25) is 0 Å². The fourth-order valence-corrected chi connectivity index (χ4v) is 3.47. The van der Waals surface area contributed by atoms with Crippen molar-refractivity contribution in [3.8, 4) is 0 Å². The van der Waals surface area contributed by atoms with Crippen LogP contribution in [0.2, 0.25) is 0 Å². The summed E-state index contributed by atoms with van der Waals surface area (Å²) < 4.78 is 2.11. The number of nitrogens with zero attached hydrogens (tertiary/aromatic N) is 1. The molecule has 0 aliphatic heterocycles. The van der Waals surface area contributed by atoms with Crippen LogP contribution >= 0.6 is 0 Å². The van der Waals surface area contributed by atoms with E-state index >= 15 is 0 Å². The van der Waals surface area contributed by atoms with E-state index in [2.05, 4.69) is 59.8 Å². The summed E-state index contributed by atoms with van der Waals surface area (Å²) >= 11 is 0. The van der Waals surface area contributed by atoms with Crippen LogP contribution < -0.4 is 5.32 Å². The molecule has 144 valence electrons. The van der Waals surface area contributed by atoms with E-state index in [1.807, 2.05) is 38.1 Å². The standard InChI is InChI=1S/C25H28N2O/c1-5-7-11-19(10-6-2)17-27-23-15-14-20-12-8-9-13-21(20)22(23)16-24(27)25(28)26-18(3)4/h6-16,18H,2,5,17H2,1,3-4H3,(H,26,28)/b11-7-,19-10+. The molecule has 0 aliphatic carbocycles. The zero-order valence-corrected chi connectivity index (χ0v) is 16.9. The number of aromatic nitrogens is 1. The monoisotopic (exact) mass is 372 g/mol.